The molecule has 2 aromatic rings. The molecule has 2 heterocycles. The fourth-order valence-electron chi connectivity index (χ4n) is 4.52. The molecule has 0 saturated carbocycles. The molecule has 31 heavy (non-hydrogen) atoms. The Kier molecular flexibility index (Phi) is 4.89. The summed E-state index contributed by atoms with van der Waals surface area (Å²) in [6, 6.07) is 11.0. The lowest BCUT2D eigenvalue weighted by Crippen LogP contribution is -2.39. The highest BCUT2D eigenvalue weighted by Gasteiger charge is 2.44. The number of allylic oxidation sites excluding steroid dienone is 1. The van der Waals surface area contributed by atoms with Gasteiger partial charge in [0.1, 0.15) is 5.92 Å². The van der Waals surface area contributed by atoms with Crippen LogP contribution in [-0.4, -0.2) is 25.7 Å². The third kappa shape index (κ3) is 3.26. The van der Waals surface area contributed by atoms with Crippen LogP contribution in [0.3, 0.4) is 0 Å². The SMILES string of the molecule is COC(=O)[C@H]1C(=O)C2=C(C[C@H]1C)Nc1ccccc1N[C@@H]2c1cc2c(cc1Br)OCO2. The van der Waals surface area contributed by atoms with Crippen LogP contribution in [-0.2, 0) is 14.3 Å². The molecule has 1 aliphatic carbocycles. The van der Waals surface area contributed by atoms with E-state index in [0.29, 0.717) is 23.5 Å². The number of para-hydroxylation sites is 2. The molecule has 3 atom stereocenters. The summed E-state index contributed by atoms with van der Waals surface area (Å²) in [5.41, 5.74) is 3.91. The first-order valence-electron chi connectivity index (χ1n) is 10.0. The number of Topliss-reactive ketones (excluding diaryl/α,β-unsaturated/α-hetero) is 1. The molecule has 7 nitrogen and oxygen atoms in total. The maximum atomic E-state index is 13.7. The van der Waals surface area contributed by atoms with E-state index in [9.17, 15) is 9.59 Å². The van der Waals surface area contributed by atoms with Crippen LogP contribution in [0.25, 0.3) is 0 Å². The second-order valence-electron chi connectivity index (χ2n) is 7.91. The minimum Gasteiger partial charge on any atom is -0.468 e. The van der Waals surface area contributed by atoms with E-state index < -0.39 is 17.9 Å². The first-order chi connectivity index (χ1) is 15.0. The molecule has 0 aromatic heterocycles. The molecular weight excluding hydrogens is 464 g/mol. The highest BCUT2D eigenvalue weighted by Crippen LogP contribution is 2.47. The van der Waals surface area contributed by atoms with Crippen LogP contribution >= 0.6 is 15.9 Å². The van der Waals surface area contributed by atoms with Gasteiger partial charge in [0.2, 0.25) is 6.79 Å². The number of ketones is 1. The molecule has 0 amide bonds. The summed E-state index contributed by atoms with van der Waals surface area (Å²) in [7, 11) is 1.32. The number of carbonyl (C=O) groups is 2. The Morgan fingerprint density at radius 3 is 2.61 bits per heavy atom. The van der Waals surface area contributed by atoms with Gasteiger partial charge in [-0.3, -0.25) is 9.59 Å². The zero-order valence-corrected chi connectivity index (χ0v) is 18.6. The van der Waals surface area contributed by atoms with E-state index >= 15 is 0 Å². The molecule has 0 unspecified atom stereocenters. The number of ether oxygens (including phenoxy) is 3. The van der Waals surface area contributed by atoms with Crippen LogP contribution in [0, 0.1) is 11.8 Å². The number of benzene rings is 2. The summed E-state index contributed by atoms with van der Waals surface area (Å²) >= 11 is 3.64. The van der Waals surface area contributed by atoms with Crippen molar-refractivity contribution in [3.8, 4) is 11.5 Å². The lowest BCUT2D eigenvalue weighted by molar-refractivity contribution is -0.151. The van der Waals surface area contributed by atoms with Crippen molar-refractivity contribution in [1.29, 1.82) is 0 Å². The quantitative estimate of drug-likeness (QED) is 0.482. The summed E-state index contributed by atoms with van der Waals surface area (Å²) in [5.74, 6) is -0.500. The zero-order chi connectivity index (χ0) is 21.7. The van der Waals surface area contributed by atoms with Crippen LogP contribution in [0.15, 0.2) is 52.1 Å². The van der Waals surface area contributed by atoms with Gasteiger partial charge in [0.25, 0.3) is 0 Å². The van der Waals surface area contributed by atoms with E-state index in [1.54, 1.807) is 0 Å². The highest BCUT2D eigenvalue weighted by atomic mass is 79.9. The second kappa shape index (κ2) is 7.60. The van der Waals surface area contributed by atoms with Gasteiger partial charge in [0.15, 0.2) is 17.3 Å². The number of carbonyl (C=O) groups excluding carboxylic acids is 2. The third-order valence-electron chi connectivity index (χ3n) is 6.03. The van der Waals surface area contributed by atoms with Crippen molar-refractivity contribution in [2.24, 2.45) is 11.8 Å². The topological polar surface area (TPSA) is 85.9 Å². The van der Waals surface area contributed by atoms with Crippen molar-refractivity contribution in [3.05, 3.63) is 57.7 Å². The molecule has 160 valence electrons. The Hall–Kier alpha value is -3.00. The molecule has 0 bridgehead atoms. The van der Waals surface area contributed by atoms with Crippen molar-refractivity contribution in [2.75, 3.05) is 24.5 Å². The molecule has 0 radical (unpaired) electrons. The number of hydrogen-bond donors (Lipinski definition) is 2. The van der Waals surface area contributed by atoms with E-state index in [0.717, 1.165) is 27.1 Å². The standard InChI is InChI=1S/C23H21BrN2O5/c1-11-7-16-20(22(27)19(11)23(28)29-2)21(26-15-6-4-3-5-14(15)25-16)12-8-17-18(9-13(12)24)31-10-30-17/h3-6,8-9,11,19,21,25-26H,7,10H2,1-2H3/t11-,19-,21-/m1/s1. The normalized spacial score (nSPS) is 23.8. The van der Waals surface area contributed by atoms with Crippen LogP contribution in [0.2, 0.25) is 0 Å². The molecule has 0 saturated heterocycles. The van der Waals surface area contributed by atoms with E-state index in [4.69, 9.17) is 14.2 Å². The van der Waals surface area contributed by atoms with Gasteiger partial charge >= 0.3 is 5.97 Å². The van der Waals surface area contributed by atoms with Gasteiger partial charge in [0, 0.05) is 15.7 Å². The number of halogens is 1. The van der Waals surface area contributed by atoms with Crippen LogP contribution in [0.1, 0.15) is 24.9 Å². The van der Waals surface area contributed by atoms with Gasteiger partial charge in [0.05, 0.1) is 24.5 Å². The smallest absolute Gasteiger partial charge is 0.316 e. The number of fused-ring (bicyclic) bond motifs is 2. The Labute approximate surface area is 187 Å². The van der Waals surface area contributed by atoms with Crippen molar-refractivity contribution in [3.63, 3.8) is 0 Å². The van der Waals surface area contributed by atoms with Gasteiger partial charge in [-0.15, -0.1) is 0 Å². The molecule has 0 spiro atoms. The maximum Gasteiger partial charge on any atom is 0.316 e. The van der Waals surface area contributed by atoms with Crippen molar-refractivity contribution < 1.29 is 23.8 Å². The zero-order valence-electron chi connectivity index (χ0n) is 17.0. The van der Waals surface area contributed by atoms with E-state index in [1.165, 1.54) is 7.11 Å². The van der Waals surface area contributed by atoms with Crippen LogP contribution in [0.5, 0.6) is 11.5 Å². The Morgan fingerprint density at radius 2 is 1.87 bits per heavy atom. The number of methoxy groups -OCH3 is 1. The largest absolute Gasteiger partial charge is 0.468 e. The van der Waals surface area contributed by atoms with E-state index in [1.807, 2.05) is 43.3 Å². The summed E-state index contributed by atoms with van der Waals surface area (Å²) in [5, 5.41) is 6.95. The molecule has 2 aliphatic heterocycles. The minimum absolute atomic E-state index is 0.155. The first kappa shape index (κ1) is 19.9. The van der Waals surface area contributed by atoms with Crippen LogP contribution < -0.4 is 20.1 Å². The summed E-state index contributed by atoms with van der Waals surface area (Å²) < 4.78 is 16.8. The number of anilines is 2. The predicted octanol–water partition coefficient (Wildman–Crippen LogP) is 4.41. The average Bonchev–Trinajstić information content (AvgIpc) is 3.13. The van der Waals surface area contributed by atoms with E-state index in [-0.39, 0.29) is 18.5 Å². The molecule has 0 fully saturated rings. The fraction of sp³-hybridized carbons (Fsp3) is 0.304. The first-order valence-corrected chi connectivity index (χ1v) is 10.8. The van der Waals surface area contributed by atoms with Gasteiger partial charge in [-0.1, -0.05) is 35.0 Å². The highest BCUT2D eigenvalue weighted by molar-refractivity contribution is 9.10. The Balaban J connectivity index is 1.69. The minimum atomic E-state index is -0.844. The molecule has 5 rings (SSSR count). The number of hydrogen-bond acceptors (Lipinski definition) is 7. The molecule has 8 heteroatoms. The number of esters is 1. The summed E-state index contributed by atoms with van der Waals surface area (Å²) in [4.78, 5) is 26.2. The number of rotatable bonds is 2. The second-order valence-corrected chi connectivity index (χ2v) is 8.77. The third-order valence-corrected chi connectivity index (χ3v) is 6.71. The van der Waals surface area contributed by atoms with E-state index in [2.05, 4.69) is 26.6 Å². The number of nitrogens with one attached hydrogen (secondary N) is 2. The van der Waals surface area contributed by atoms with Gasteiger partial charge in [-0.2, -0.15) is 0 Å². The fourth-order valence-corrected chi connectivity index (χ4v) is 5.07. The van der Waals surface area contributed by atoms with Gasteiger partial charge < -0.3 is 24.8 Å². The molecule has 2 N–H and O–H groups in total. The Morgan fingerprint density at radius 1 is 1.16 bits per heavy atom. The lowest BCUT2D eigenvalue weighted by Gasteiger charge is -2.32. The molecular formula is C23H21BrN2O5. The summed E-state index contributed by atoms with van der Waals surface area (Å²) in [6.45, 7) is 2.06. The van der Waals surface area contributed by atoms with Crippen molar-refractivity contribution >= 4 is 39.1 Å². The average molecular weight is 485 g/mol. The molecule has 3 aliphatic rings. The monoisotopic (exact) mass is 484 g/mol. The van der Waals surface area contributed by atoms with Gasteiger partial charge in [-0.25, -0.2) is 0 Å². The lowest BCUT2D eigenvalue weighted by atomic mass is 9.75. The van der Waals surface area contributed by atoms with Crippen LogP contribution in [0.4, 0.5) is 11.4 Å². The van der Waals surface area contributed by atoms with Crippen molar-refractivity contribution in [1.82, 2.24) is 0 Å². The van der Waals surface area contributed by atoms with Gasteiger partial charge in [-0.05, 0) is 42.2 Å². The predicted molar refractivity (Wildman–Crippen MR) is 118 cm³/mol. The summed E-state index contributed by atoms with van der Waals surface area (Å²) in [6.07, 6.45) is 0.551. The maximum absolute atomic E-state index is 13.7. The van der Waals surface area contributed by atoms with Crippen molar-refractivity contribution in [2.45, 2.75) is 19.4 Å². The Bertz CT molecular complexity index is 1130. The molecule has 2 aromatic carbocycles.